The van der Waals surface area contributed by atoms with Crippen LogP contribution in [0.2, 0.25) is 0 Å². The molecule has 0 aliphatic heterocycles. The van der Waals surface area contributed by atoms with Crippen molar-refractivity contribution in [2.24, 2.45) is 0 Å². The van der Waals surface area contributed by atoms with Crippen molar-refractivity contribution in [3.63, 3.8) is 0 Å². The van der Waals surface area contributed by atoms with E-state index in [1.807, 2.05) is 13.0 Å². The van der Waals surface area contributed by atoms with Crippen LogP contribution in [0, 0.1) is 13.8 Å². The van der Waals surface area contributed by atoms with Gasteiger partial charge in [-0.15, -0.1) is 0 Å². The molecule has 0 spiro atoms. The third-order valence-electron chi connectivity index (χ3n) is 3.35. The Balaban J connectivity index is 2.01. The first-order valence-corrected chi connectivity index (χ1v) is 6.55. The van der Waals surface area contributed by atoms with Gasteiger partial charge in [0.15, 0.2) is 0 Å². The number of hydrogen-bond acceptors (Lipinski definition) is 3. The Morgan fingerprint density at radius 1 is 1.21 bits per heavy atom. The quantitative estimate of drug-likeness (QED) is 0.913. The first-order valence-electron chi connectivity index (χ1n) is 6.55. The molecule has 0 saturated heterocycles. The van der Waals surface area contributed by atoms with Gasteiger partial charge in [-0.2, -0.15) is 0 Å². The van der Waals surface area contributed by atoms with E-state index in [2.05, 4.69) is 48.1 Å². The van der Waals surface area contributed by atoms with Crippen molar-refractivity contribution >= 4 is 11.5 Å². The summed E-state index contributed by atoms with van der Waals surface area (Å²) in [4.78, 5) is 6.53. The number of likely N-dealkylation sites (N-methyl/N-ethyl adjacent to an activating group) is 1. The average molecular weight is 255 g/mol. The fraction of sp³-hybridized carbons (Fsp3) is 0.312. The molecule has 1 heterocycles. The molecule has 0 aliphatic carbocycles. The molecule has 1 aromatic carbocycles. The van der Waals surface area contributed by atoms with Gasteiger partial charge in [0.1, 0.15) is 5.82 Å². The first kappa shape index (κ1) is 13.4. The Kier molecular flexibility index (Phi) is 4.05. The summed E-state index contributed by atoms with van der Waals surface area (Å²) in [6.07, 6.45) is 2.75. The molecule has 2 aromatic rings. The highest BCUT2D eigenvalue weighted by molar-refractivity contribution is 5.51. The van der Waals surface area contributed by atoms with Crippen LogP contribution >= 0.6 is 0 Å². The molecule has 100 valence electrons. The van der Waals surface area contributed by atoms with E-state index in [4.69, 9.17) is 5.73 Å². The SMILES string of the molecule is Cc1cccc(CCN(C)c2cc(C)c(N)cn2)c1. The highest BCUT2D eigenvalue weighted by atomic mass is 15.2. The van der Waals surface area contributed by atoms with Gasteiger partial charge in [0.2, 0.25) is 0 Å². The van der Waals surface area contributed by atoms with Crippen molar-refractivity contribution in [2.45, 2.75) is 20.3 Å². The van der Waals surface area contributed by atoms with Gasteiger partial charge in [0.25, 0.3) is 0 Å². The highest BCUT2D eigenvalue weighted by Crippen LogP contribution is 2.16. The summed E-state index contributed by atoms with van der Waals surface area (Å²) in [5.41, 5.74) is 10.3. The van der Waals surface area contributed by atoms with E-state index in [1.165, 1.54) is 11.1 Å². The Morgan fingerprint density at radius 2 is 2.00 bits per heavy atom. The summed E-state index contributed by atoms with van der Waals surface area (Å²) in [6.45, 7) is 5.08. The van der Waals surface area contributed by atoms with E-state index in [-0.39, 0.29) is 0 Å². The zero-order chi connectivity index (χ0) is 13.8. The number of nitrogen functional groups attached to an aromatic ring is 1. The number of nitrogens with two attached hydrogens (primary N) is 1. The Hall–Kier alpha value is -2.03. The van der Waals surface area contributed by atoms with Gasteiger partial charge in [-0.3, -0.25) is 0 Å². The van der Waals surface area contributed by atoms with Gasteiger partial charge in [0, 0.05) is 13.6 Å². The number of pyridine rings is 1. The summed E-state index contributed by atoms with van der Waals surface area (Å²) >= 11 is 0. The van der Waals surface area contributed by atoms with Crippen LogP contribution in [0.5, 0.6) is 0 Å². The first-order chi connectivity index (χ1) is 9.06. The maximum Gasteiger partial charge on any atom is 0.128 e. The van der Waals surface area contributed by atoms with Crippen LogP contribution in [0.15, 0.2) is 36.5 Å². The van der Waals surface area contributed by atoms with E-state index in [0.717, 1.165) is 30.0 Å². The van der Waals surface area contributed by atoms with Gasteiger partial charge in [0.05, 0.1) is 11.9 Å². The predicted molar refractivity (Wildman–Crippen MR) is 81.5 cm³/mol. The number of benzene rings is 1. The third-order valence-corrected chi connectivity index (χ3v) is 3.35. The molecule has 0 aliphatic rings. The molecule has 0 radical (unpaired) electrons. The molecule has 3 nitrogen and oxygen atoms in total. The molecule has 2 N–H and O–H groups in total. The molecule has 0 bridgehead atoms. The van der Waals surface area contributed by atoms with Gasteiger partial charge in [-0.25, -0.2) is 4.98 Å². The second-order valence-corrected chi connectivity index (χ2v) is 5.06. The number of hydrogen-bond donors (Lipinski definition) is 1. The highest BCUT2D eigenvalue weighted by Gasteiger charge is 2.04. The van der Waals surface area contributed by atoms with Crippen LogP contribution < -0.4 is 10.6 Å². The summed E-state index contributed by atoms with van der Waals surface area (Å²) in [5.74, 6) is 0.972. The van der Waals surface area contributed by atoms with E-state index < -0.39 is 0 Å². The van der Waals surface area contributed by atoms with Gasteiger partial charge in [-0.05, 0) is 37.5 Å². The smallest absolute Gasteiger partial charge is 0.128 e. The van der Waals surface area contributed by atoms with Gasteiger partial charge >= 0.3 is 0 Å². The number of rotatable bonds is 4. The largest absolute Gasteiger partial charge is 0.397 e. The lowest BCUT2D eigenvalue weighted by Crippen LogP contribution is -2.21. The molecular formula is C16H21N3. The van der Waals surface area contributed by atoms with Crippen LogP contribution in [0.25, 0.3) is 0 Å². The molecular weight excluding hydrogens is 234 g/mol. The molecule has 0 atom stereocenters. The number of anilines is 2. The minimum Gasteiger partial charge on any atom is -0.397 e. The average Bonchev–Trinajstić information content (AvgIpc) is 2.39. The van der Waals surface area contributed by atoms with E-state index >= 15 is 0 Å². The number of aromatic nitrogens is 1. The lowest BCUT2D eigenvalue weighted by molar-refractivity contribution is 0.858. The minimum atomic E-state index is 0.746. The molecule has 1 aromatic heterocycles. The van der Waals surface area contributed by atoms with Crippen LogP contribution in [-0.2, 0) is 6.42 Å². The minimum absolute atomic E-state index is 0.746. The van der Waals surface area contributed by atoms with Gasteiger partial charge in [-0.1, -0.05) is 29.8 Å². The Morgan fingerprint density at radius 3 is 2.68 bits per heavy atom. The Labute approximate surface area is 115 Å². The van der Waals surface area contributed by atoms with Gasteiger partial charge < -0.3 is 10.6 Å². The molecule has 0 fully saturated rings. The summed E-state index contributed by atoms with van der Waals surface area (Å²) in [7, 11) is 2.06. The van der Waals surface area contributed by atoms with Crippen molar-refractivity contribution < 1.29 is 0 Å². The molecule has 3 heteroatoms. The van der Waals surface area contributed by atoms with Crippen LogP contribution in [0.4, 0.5) is 11.5 Å². The van der Waals surface area contributed by atoms with E-state index in [1.54, 1.807) is 6.20 Å². The standard InChI is InChI=1S/C16H21N3/c1-12-5-4-6-14(9-12)7-8-19(3)16-10-13(2)15(17)11-18-16/h4-6,9-11H,7-8,17H2,1-3H3. The maximum absolute atomic E-state index is 5.79. The van der Waals surface area contributed by atoms with Crippen LogP contribution in [0.1, 0.15) is 16.7 Å². The number of nitrogens with zero attached hydrogens (tertiary/aromatic N) is 2. The van der Waals surface area contributed by atoms with E-state index in [0.29, 0.717) is 0 Å². The second kappa shape index (κ2) is 5.74. The molecule has 0 amide bonds. The summed E-state index contributed by atoms with van der Waals surface area (Å²) in [5, 5.41) is 0. The van der Waals surface area contributed by atoms with Crippen LogP contribution in [-0.4, -0.2) is 18.6 Å². The fourth-order valence-corrected chi connectivity index (χ4v) is 2.04. The zero-order valence-corrected chi connectivity index (χ0v) is 11.9. The Bertz CT molecular complexity index is 564. The predicted octanol–water partition coefficient (Wildman–Crippen LogP) is 2.96. The molecule has 19 heavy (non-hydrogen) atoms. The lowest BCUT2D eigenvalue weighted by atomic mass is 10.1. The molecule has 0 saturated carbocycles. The van der Waals surface area contributed by atoms with Crippen molar-refractivity contribution in [3.05, 3.63) is 53.2 Å². The fourth-order valence-electron chi connectivity index (χ4n) is 2.04. The van der Waals surface area contributed by atoms with Crippen LogP contribution in [0.3, 0.4) is 0 Å². The summed E-state index contributed by atoms with van der Waals surface area (Å²) < 4.78 is 0. The zero-order valence-electron chi connectivity index (χ0n) is 11.9. The number of aryl methyl sites for hydroxylation is 2. The van der Waals surface area contributed by atoms with Crippen molar-refractivity contribution in [3.8, 4) is 0 Å². The molecule has 0 unspecified atom stereocenters. The third kappa shape index (κ3) is 3.47. The monoisotopic (exact) mass is 255 g/mol. The summed E-state index contributed by atoms with van der Waals surface area (Å²) in [6, 6.07) is 10.7. The van der Waals surface area contributed by atoms with Crippen molar-refractivity contribution in [1.29, 1.82) is 0 Å². The topological polar surface area (TPSA) is 42.1 Å². The lowest BCUT2D eigenvalue weighted by Gasteiger charge is -2.19. The normalized spacial score (nSPS) is 10.5. The van der Waals surface area contributed by atoms with E-state index in [9.17, 15) is 0 Å². The van der Waals surface area contributed by atoms with Crippen molar-refractivity contribution in [2.75, 3.05) is 24.2 Å². The van der Waals surface area contributed by atoms with Crippen molar-refractivity contribution in [1.82, 2.24) is 4.98 Å². The second-order valence-electron chi connectivity index (χ2n) is 5.06. The molecule has 2 rings (SSSR count). The maximum atomic E-state index is 5.79.